The van der Waals surface area contributed by atoms with Crippen LogP contribution in [0.1, 0.15) is 39.5 Å². The molecule has 0 bridgehead atoms. The smallest absolute Gasteiger partial charge is 0.193 e. The largest absolute Gasteiger partial charge is 0.357 e. The summed E-state index contributed by atoms with van der Waals surface area (Å²) in [6.07, 6.45) is 5.74. The first-order chi connectivity index (χ1) is 11.8. The Morgan fingerprint density at radius 2 is 1.56 bits per heavy atom. The Kier molecular flexibility index (Phi) is 9.27. The van der Waals surface area contributed by atoms with Crippen molar-refractivity contribution < 1.29 is 0 Å². The minimum atomic E-state index is 0. The van der Waals surface area contributed by atoms with Gasteiger partial charge in [0.25, 0.3) is 0 Å². The van der Waals surface area contributed by atoms with Crippen LogP contribution in [0.4, 0.5) is 0 Å². The van der Waals surface area contributed by atoms with Crippen LogP contribution < -0.4 is 5.32 Å². The van der Waals surface area contributed by atoms with Crippen molar-refractivity contribution in [2.24, 2.45) is 16.8 Å². The number of hydrogen-bond donors (Lipinski definition) is 1. The number of fused-ring (bicyclic) bond motifs is 1. The number of likely N-dealkylation sites (N-methyl/N-ethyl adjacent to an activating group) is 1. The molecule has 1 saturated carbocycles. The van der Waals surface area contributed by atoms with Crippen molar-refractivity contribution in [3.05, 3.63) is 0 Å². The second-order valence-corrected chi connectivity index (χ2v) is 7.72. The number of halogens is 1. The van der Waals surface area contributed by atoms with E-state index < -0.39 is 0 Å². The van der Waals surface area contributed by atoms with E-state index in [0.717, 1.165) is 31.5 Å². The Morgan fingerprint density at radius 3 is 2.12 bits per heavy atom. The summed E-state index contributed by atoms with van der Waals surface area (Å²) in [6.45, 7) is 15.9. The van der Waals surface area contributed by atoms with E-state index in [2.05, 4.69) is 33.9 Å². The molecule has 0 aromatic heterocycles. The first kappa shape index (κ1) is 21.2. The molecule has 146 valence electrons. The second kappa shape index (κ2) is 10.9. The quantitative estimate of drug-likeness (QED) is 0.386. The highest BCUT2D eigenvalue weighted by atomic mass is 127. The average molecular weight is 463 g/mol. The molecule has 1 N–H and O–H groups in total. The maximum Gasteiger partial charge on any atom is 0.193 e. The van der Waals surface area contributed by atoms with Gasteiger partial charge in [0.2, 0.25) is 0 Å². The molecule has 5 nitrogen and oxygen atoms in total. The summed E-state index contributed by atoms with van der Waals surface area (Å²) in [6, 6.07) is 0. The fourth-order valence-corrected chi connectivity index (χ4v) is 4.63. The lowest BCUT2D eigenvalue weighted by Crippen LogP contribution is -2.47. The molecule has 6 heteroatoms. The van der Waals surface area contributed by atoms with Crippen molar-refractivity contribution in [1.29, 1.82) is 0 Å². The minimum Gasteiger partial charge on any atom is -0.357 e. The maximum absolute atomic E-state index is 4.96. The molecule has 0 radical (unpaired) electrons. The highest BCUT2D eigenvalue weighted by Gasteiger charge is 2.35. The molecule has 2 saturated heterocycles. The minimum absolute atomic E-state index is 0. The Balaban J connectivity index is 0.00000225. The Morgan fingerprint density at radius 1 is 0.960 bits per heavy atom. The van der Waals surface area contributed by atoms with Crippen molar-refractivity contribution in [2.45, 2.75) is 39.5 Å². The first-order valence-electron chi connectivity index (χ1n) is 10.3. The molecule has 3 fully saturated rings. The van der Waals surface area contributed by atoms with Crippen LogP contribution >= 0.6 is 24.0 Å². The van der Waals surface area contributed by atoms with E-state index in [-0.39, 0.29) is 24.0 Å². The van der Waals surface area contributed by atoms with Crippen molar-refractivity contribution in [1.82, 2.24) is 20.0 Å². The molecule has 3 aliphatic rings. The van der Waals surface area contributed by atoms with Crippen LogP contribution in [0, 0.1) is 11.8 Å². The summed E-state index contributed by atoms with van der Waals surface area (Å²) in [7, 11) is 0. The molecule has 2 unspecified atom stereocenters. The van der Waals surface area contributed by atoms with E-state index >= 15 is 0 Å². The molecule has 2 aliphatic heterocycles. The van der Waals surface area contributed by atoms with Gasteiger partial charge in [-0.1, -0.05) is 19.8 Å². The molecule has 2 atom stereocenters. The molecule has 0 spiro atoms. The van der Waals surface area contributed by atoms with Crippen molar-refractivity contribution in [3.8, 4) is 0 Å². The Hall–Kier alpha value is -0.0800. The zero-order valence-electron chi connectivity index (χ0n) is 16.3. The highest BCUT2D eigenvalue weighted by Crippen LogP contribution is 2.35. The van der Waals surface area contributed by atoms with Gasteiger partial charge in [-0.05, 0) is 38.1 Å². The van der Waals surface area contributed by atoms with Crippen molar-refractivity contribution in [3.63, 3.8) is 0 Å². The number of hydrogen-bond acceptors (Lipinski definition) is 3. The third-order valence-electron chi connectivity index (χ3n) is 6.20. The Bertz CT molecular complexity index is 395. The molecular weight excluding hydrogens is 425 g/mol. The highest BCUT2D eigenvalue weighted by molar-refractivity contribution is 14.0. The van der Waals surface area contributed by atoms with E-state index in [1.165, 1.54) is 77.5 Å². The van der Waals surface area contributed by atoms with Crippen LogP contribution in [0.3, 0.4) is 0 Å². The zero-order chi connectivity index (χ0) is 16.8. The van der Waals surface area contributed by atoms with Crippen LogP contribution in [0.25, 0.3) is 0 Å². The normalized spacial score (nSPS) is 28.6. The lowest BCUT2D eigenvalue weighted by Gasteiger charge is -2.33. The van der Waals surface area contributed by atoms with Gasteiger partial charge in [-0.15, -0.1) is 24.0 Å². The van der Waals surface area contributed by atoms with Crippen molar-refractivity contribution in [2.75, 3.05) is 65.4 Å². The molecular formula is C19H38IN5. The number of aliphatic imine (C=N–C) groups is 1. The number of guanidine groups is 1. The summed E-state index contributed by atoms with van der Waals surface area (Å²) in [5.41, 5.74) is 0. The van der Waals surface area contributed by atoms with Gasteiger partial charge in [-0.2, -0.15) is 0 Å². The molecule has 25 heavy (non-hydrogen) atoms. The number of nitrogens with one attached hydrogen (secondary N) is 1. The van der Waals surface area contributed by atoms with Crippen LogP contribution in [-0.2, 0) is 0 Å². The lowest BCUT2D eigenvalue weighted by atomic mass is 9.82. The van der Waals surface area contributed by atoms with Gasteiger partial charge in [0.05, 0.1) is 6.54 Å². The van der Waals surface area contributed by atoms with Gasteiger partial charge in [0.15, 0.2) is 5.96 Å². The standard InChI is InChI=1S/C19H37N5.HI/c1-3-20-19(24-15-17-7-5-6-8-18(17)16-24)21-9-10-23-13-11-22(4-2)12-14-23;/h17-18H,3-16H2,1-2H3,(H,20,21);1H. The monoisotopic (exact) mass is 463 g/mol. The summed E-state index contributed by atoms with van der Waals surface area (Å²) < 4.78 is 0. The summed E-state index contributed by atoms with van der Waals surface area (Å²) >= 11 is 0. The number of nitrogens with zero attached hydrogens (tertiary/aromatic N) is 4. The maximum atomic E-state index is 4.96. The van der Waals surface area contributed by atoms with E-state index in [1.54, 1.807) is 0 Å². The summed E-state index contributed by atoms with van der Waals surface area (Å²) in [5, 5.41) is 3.54. The van der Waals surface area contributed by atoms with Crippen LogP contribution in [-0.4, -0.2) is 86.1 Å². The van der Waals surface area contributed by atoms with Crippen LogP contribution in [0.5, 0.6) is 0 Å². The third kappa shape index (κ3) is 5.96. The fourth-order valence-electron chi connectivity index (χ4n) is 4.63. The molecule has 1 aliphatic carbocycles. The average Bonchev–Trinajstić information content (AvgIpc) is 3.05. The number of rotatable bonds is 5. The molecule has 2 heterocycles. The van der Waals surface area contributed by atoms with Crippen LogP contribution in [0.2, 0.25) is 0 Å². The van der Waals surface area contributed by atoms with Gasteiger partial charge in [-0.3, -0.25) is 9.89 Å². The SMILES string of the molecule is CCNC(=NCCN1CCN(CC)CC1)N1CC2CCCCC2C1.I. The molecule has 0 amide bonds. The van der Waals surface area contributed by atoms with Gasteiger partial charge in [0.1, 0.15) is 0 Å². The van der Waals surface area contributed by atoms with Gasteiger partial charge >= 0.3 is 0 Å². The summed E-state index contributed by atoms with van der Waals surface area (Å²) in [4.78, 5) is 12.6. The zero-order valence-corrected chi connectivity index (χ0v) is 18.6. The van der Waals surface area contributed by atoms with E-state index in [4.69, 9.17) is 4.99 Å². The van der Waals surface area contributed by atoms with Gasteiger partial charge in [0, 0.05) is 52.4 Å². The molecule has 0 aromatic carbocycles. The Labute approximate surface area is 171 Å². The third-order valence-corrected chi connectivity index (χ3v) is 6.20. The first-order valence-corrected chi connectivity index (χ1v) is 10.3. The van der Waals surface area contributed by atoms with Crippen molar-refractivity contribution >= 4 is 29.9 Å². The number of piperazine rings is 1. The topological polar surface area (TPSA) is 34.1 Å². The van der Waals surface area contributed by atoms with Gasteiger partial charge < -0.3 is 15.1 Å². The van der Waals surface area contributed by atoms with E-state index in [0.29, 0.717) is 0 Å². The predicted molar refractivity (Wildman–Crippen MR) is 117 cm³/mol. The molecule has 3 rings (SSSR count). The molecule has 0 aromatic rings. The second-order valence-electron chi connectivity index (χ2n) is 7.72. The fraction of sp³-hybridized carbons (Fsp3) is 0.947. The van der Waals surface area contributed by atoms with Gasteiger partial charge in [-0.25, -0.2) is 0 Å². The predicted octanol–water partition coefficient (Wildman–Crippen LogP) is 2.33. The van der Waals surface area contributed by atoms with E-state index in [9.17, 15) is 0 Å². The summed E-state index contributed by atoms with van der Waals surface area (Å²) in [5.74, 6) is 3.01. The van der Waals surface area contributed by atoms with Crippen LogP contribution in [0.15, 0.2) is 4.99 Å². The lowest BCUT2D eigenvalue weighted by molar-refractivity contribution is 0.140. The van der Waals surface area contributed by atoms with E-state index in [1.807, 2.05) is 0 Å². The number of likely N-dealkylation sites (tertiary alicyclic amines) is 1.